The number of hydrogen-bond donors (Lipinski definition) is 1. The number of carbonyl (C=O) groups excluding carboxylic acids is 2. The molecule has 1 N–H and O–H groups in total. The Bertz CT molecular complexity index is 954. The first-order valence-electron chi connectivity index (χ1n) is 9.13. The van der Waals surface area contributed by atoms with Crippen LogP contribution in [0.3, 0.4) is 0 Å². The van der Waals surface area contributed by atoms with E-state index >= 15 is 0 Å². The number of amides is 2. The Kier molecular flexibility index (Phi) is 5.10. The van der Waals surface area contributed by atoms with Gasteiger partial charge in [-0.05, 0) is 36.4 Å². The van der Waals surface area contributed by atoms with Gasteiger partial charge in [0.25, 0.3) is 0 Å². The molecule has 2 aromatic carbocycles. The first-order chi connectivity index (χ1) is 13.7. The number of nitrogens with one attached hydrogen (secondary N) is 1. The lowest BCUT2D eigenvalue weighted by Gasteiger charge is -2.20. The Morgan fingerprint density at radius 1 is 1.07 bits per heavy atom. The van der Waals surface area contributed by atoms with Crippen LogP contribution in [-0.4, -0.2) is 18.4 Å². The molecule has 142 valence electrons. The number of furan rings is 1. The summed E-state index contributed by atoms with van der Waals surface area (Å²) >= 11 is 0. The minimum atomic E-state index is -0.410. The van der Waals surface area contributed by atoms with Gasteiger partial charge in [-0.15, -0.1) is 0 Å². The average molecular weight is 376 g/mol. The number of benzene rings is 2. The van der Waals surface area contributed by atoms with Crippen molar-refractivity contribution in [1.29, 1.82) is 0 Å². The molecular formula is C22H20N2O4. The SMILES string of the molecule is O=C(NCc1ccco1)C1CC(=O)N(c2ccccc2Oc2ccccc2)C1. The van der Waals surface area contributed by atoms with Crippen molar-refractivity contribution < 1.29 is 18.7 Å². The topological polar surface area (TPSA) is 71.8 Å². The molecule has 0 radical (unpaired) electrons. The molecule has 28 heavy (non-hydrogen) atoms. The molecule has 0 aliphatic carbocycles. The summed E-state index contributed by atoms with van der Waals surface area (Å²) in [5, 5.41) is 2.83. The van der Waals surface area contributed by atoms with E-state index in [1.165, 1.54) is 0 Å². The largest absolute Gasteiger partial charge is 0.467 e. The van der Waals surface area contributed by atoms with Crippen molar-refractivity contribution in [3.8, 4) is 11.5 Å². The minimum absolute atomic E-state index is 0.0951. The highest BCUT2D eigenvalue weighted by molar-refractivity contribution is 6.01. The van der Waals surface area contributed by atoms with E-state index in [1.807, 2.05) is 54.6 Å². The maximum atomic E-state index is 12.6. The number of rotatable bonds is 6. The van der Waals surface area contributed by atoms with Crippen LogP contribution in [0.5, 0.6) is 11.5 Å². The highest BCUT2D eigenvalue weighted by atomic mass is 16.5. The van der Waals surface area contributed by atoms with Crippen molar-refractivity contribution in [1.82, 2.24) is 5.32 Å². The van der Waals surface area contributed by atoms with Crippen LogP contribution >= 0.6 is 0 Å². The highest BCUT2D eigenvalue weighted by Gasteiger charge is 2.36. The summed E-state index contributed by atoms with van der Waals surface area (Å²) in [6, 6.07) is 20.3. The van der Waals surface area contributed by atoms with Gasteiger partial charge in [0.05, 0.1) is 24.4 Å². The van der Waals surface area contributed by atoms with Crippen LogP contribution in [0.15, 0.2) is 77.4 Å². The molecule has 2 heterocycles. The Hall–Kier alpha value is -3.54. The zero-order chi connectivity index (χ0) is 19.3. The molecule has 2 amide bonds. The van der Waals surface area contributed by atoms with E-state index in [9.17, 15) is 9.59 Å². The number of hydrogen-bond acceptors (Lipinski definition) is 4. The van der Waals surface area contributed by atoms with Crippen LogP contribution in [0.4, 0.5) is 5.69 Å². The normalized spacial score (nSPS) is 16.2. The predicted octanol–water partition coefficient (Wildman–Crippen LogP) is 3.74. The molecule has 1 saturated heterocycles. The van der Waals surface area contributed by atoms with Crippen LogP contribution < -0.4 is 15.0 Å². The third-order valence-electron chi connectivity index (χ3n) is 4.64. The molecule has 1 aliphatic rings. The van der Waals surface area contributed by atoms with Crippen LogP contribution in [-0.2, 0) is 16.1 Å². The van der Waals surface area contributed by atoms with Crippen molar-refractivity contribution in [2.45, 2.75) is 13.0 Å². The van der Waals surface area contributed by atoms with E-state index < -0.39 is 5.92 Å². The summed E-state index contributed by atoms with van der Waals surface area (Å²) in [5.41, 5.74) is 0.665. The summed E-state index contributed by atoms with van der Waals surface area (Å²) in [7, 11) is 0. The monoisotopic (exact) mass is 376 g/mol. The van der Waals surface area contributed by atoms with E-state index in [4.69, 9.17) is 9.15 Å². The summed E-state index contributed by atoms with van der Waals surface area (Å²) in [5.74, 6) is 1.28. The van der Waals surface area contributed by atoms with Gasteiger partial charge >= 0.3 is 0 Å². The molecule has 1 atom stereocenters. The second kappa shape index (κ2) is 8.00. The van der Waals surface area contributed by atoms with Gasteiger partial charge in [0, 0.05) is 13.0 Å². The summed E-state index contributed by atoms with van der Waals surface area (Å²) < 4.78 is 11.2. The average Bonchev–Trinajstić information content (AvgIpc) is 3.37. The van der Waals surface area contributed by atoms with Crippen LogP contribution in [0, 0.1) is 5.92 Å². The zero-order valence-corrected chi connectivity index (χ0v) is 15.2. The third kappa shape index (κ3) is 3.91. The van der Waals surface area contributed by atoms with E-state index in [0.29, 0.717) is 36.0 Å². The minimum Gasteiger partial charge on any atom is -0.467 e. The van der Waals surface area contributed by atoms with Gasteiger partial charge in [-0.2, -0.15) is 0 Å². The summed E-state index contributed by atoms with van der Waals surface area (Å²) in [6.45, 7) is 0.627. The van der Waals surface area contributed by atoms with Crippen molar-refractivity contribution in [2.75, 3.05) is 11.4 Å². The first-order valence-corrected chi connectivity index (χ1v) is 9.13. The fourth-order valence-corrected chi connectivity index (χ4v) is 3.23. The highest BCUT2D eigenvalue weighted by Crippen LogP contribution is 2.35. The number of nitrogens with zero attached hydrogens (tertiary/aromatic N) is 1. The summed E-state index contributed by atoms with van der Waals surface area (Å²) in [4.78, 5) is 26.7. The predicted molar refractivity (Wildman–Crippen MR) is 104 cm³/mol. The maximum absolute atomic E-state index is 12.6. The Morgan fingerprint density at radius 2 is 1.86 bits per heavy atom. The van der Waals surface area contributed by atoms with Crippen molar-refractivity contribution in [3.63, 3.8) is 0 Å². The molecule has 1 unspecified atom stereocenters. The van der Waals surface area contributed by atoms with E-state index in [-0.39, 0.29) is 18.2 Å². The van der Waals surface area contributed by atoms with Gasteiger partial charge in [0.2, 0.25) is 11.8 Å². The summed E-state index contributed by atoms with van der Waals surface area (Å²) in [6.07, 6.45) is 1.73. The van der Waals surface area contributed by atoms with E-state index in [0.717, 1.165) is 0 Å². The van der Waals surface area contributed by atoms with Crippen molar-refractivity contribution in [2.24, 2.45) is 5.92 Å². The zero-order valence-electron chi connectivity index (χ0n) is 15.2. The molecule has 4 rings (SSSR count). The van der Waals surface area contributed by atoms with Gasteiger partial charge in [-0.25, -0.2) is 0 Å². The lowest BCUT2D eigenvalue weighted by Crippen LogP contribution is -2.32. The van der Waals surface area contributed by atoms with Gasteiger partial charge < -0.3 is 19.4 Å². The van der Waals surface area contributed by atoms with Crippen molar-refractivity contribution >= 4 is 17.5 Å². The third-order valence-corrected chi connectivity index (χ3v) is 4.64. The van der Waals surface area contributed by atoms with Crippen LogP contribution in [0.1, 0.15) is 12.2 Å². The second-order valence-corrected chi connectivity index (χ2v) is 6.59. The Balaban J connectivity index is 1.46. The molecule has 0 bridgehead atoms. The van der Waals surface area contributed by atoms with E-state index in [1.54, 1.807) is 23.3 Å². The Labute approximate surface area is 162 Å². The fraction of sp³-hybridized carbons (Fsp3) is 0.182. The number of ether oxygens (including phenoxy) is 1. The molecule has 3 aromatic rings. The Morgan fingerprint density at radius 3 is 2.64 bits per heavy atom. The smallest absolute Gasteiger partial charge is 0.227 e. The van der Waals surface area contributed by atoms with Crippen molar-refractivity contribution in [3.05, 3.63) is 78.8 Å². The number of para-hydroxylation sites is 3. The molecule has 6 heteroatoms. The second-order valence-electron chi connectivity index (χ2n) is 6.59. The van der Waals surface area contributed by atoms with Crippen LogP contribution in [0.2, 0.25) is 0 Å². The molecule has 1 aliphatic heterocycles. The van der Waals surface area contributed by atoms with Gasteiger partial charge in [-0.1, -0.05) is 30.3 Å². The van der Waals surface area contributed by atoms with E-state index in [2.05, 4.69) is 5.32 Å². The number of anilines is 1. The first kappa shape index (κ1) is 17.9. The molecule has 1 aromatic heterocycles. The van der Waals surface area contributed by atoms with Gasteiger partial charge in [-0.3, -0.25) is 9.59 Å². The maximum Gasteiger partial charge on any atom is 0.227 e. The molecule has 1 fully saturated rings. The van der Waals surface area contributed by atoms with Gasteiger partial charge in [0.15, 0.2) is 5.75 Å². The van der Waals surface area contributed by atoms with Gasteiger partial charge in [0.1, 0.15) is 11.5 Å². The fourth-order valence-electron chi connectivity index (χ4n) is 3.23. The molecule has 0 spiro atoms. The molecular weight excluding hydrogens is 356 g/mol. The number of carbonyl (C=O) groups is 2. The standard InChI is InChI=1S/C22H20N2O4/c25-21-13-16(22(26)23-14-18-9-6-12-27-18)15-24(21)19-10-4-5-11-20(19)28-17-7-2-1-3-8-17/h1-12,16H,13-15H2,(H,23,26). The lowest BCUT2D eigenvalue weighted by atomic mass is 10.1. The molecule has 6 nitrogen and oxygen atoms in total. The quantitative estimate of drug-likeness (QED) is 0.711. The van der Waals surface area contributed by atoms with Crippen LogP contribution in [0.25, 0.3) is 0 Å². The molecule has 0 saturated carbocycles. The lowest BCUT2D eigenvalue weighted by molar-refractivity contribution is -0.126.